The summed E-state index contributed by atoms with van der Waals surface area (Å²) in [5.41, 5.74) is 1.84. The summed E-state index contributed by atoms with van der Waals surface area (Å²) >= 11 is 12.8. The molecule has 1 saturated heterocycles. The molecule has 0 radical (unpaired) electrons. The van der Waals surface area contributed by atoms with Crippen LogP contribution in [0.25, 0.3) is 0 Å². The number of hydrogen-bond donors (Lipinski definition) is 1. The first-order chi connectivity index (χ1) is 11.7. The Morgan fingerprint density at radius 2 is 2.00 bits per heavy atom. The monoisotopic (exact) mass is 362 g/mol. The van der Waals surface area contributed by atoms with E-state index in [0.717, 1.165) is 42.8 Å². The lowest BCUT2D eigenvalue weighted by Gasteiger charge is -2.42. The van der Waals surface area contributed by atoms with Crippen molar-refractivity contribution in [1.82, 2.24) is 5.32 Å². The molecule has 0 saturated carbocycles. The molecule has 0 bridgehead atoms. The van der Waals surface area contributed by atoms with E-state index in [1.54, 1.807) is 6.07 Å². The molecule has 2 unspecified atom stereocenters. The Morgan fingerprint density at radius 3 is 2.83 bits per heavy atom. The summed E-state index contributed by atoms with van der Waals surface area (Å²) in [5, 5.41) is 3.94. The largest absolute Gasteiger partial charge is 0.455 e. The van der Waals surface area contributed by atoms with Gasteiger partial charge in [0.15, 0.2) is 5.75 Å². The highest BCUT2D eigenvalue weighted by atomic mass is 35.5. The van der Waals surface area contributed by atoms with Gasteiger partial charge in [-0.3, -0.25) is 4.79 Å². The van der Waals surface area contributed by atoms with Crippen LogP contribution in [0.3, 0.4) is 0 Å². The van der Waals surface area contributed by atoms with Gasteiger partial charge in [0.25, 0.3) is 0 Å². The van der Waals surface area contributed by atoms with E-state index in [0.29, 0.717) is 15.8 Å². The van der Waals surface area contributed by atoms with Gasteiger partial charge in [0, 0.05) is 12.1 Å². The Labute approximate surface area is 150 Å². The van der Waals surface area contributed by atoms with Crippen LogP contribution < -0.4 is 15.0 Å². The number of para-hydroxylation sites is 1. The van der Waals surface area contributed by atoms with Gasteiger partial charge < -0.3 is 15.0 Å². The summed E-state index contributed by atoms with van der Waals surface area (Å²) in [4.78, 5) is 13.3. The molecule has 2 atom stereocenters. The van der Waals surface area contributed by atoms with Crippen LogP contribution in [0.2, 0.25) is 10.0 Å². The third-order valence-corrected chi connectivity index (χ3v) is 5.48. The number of amides is 1. The second-order valence-electron chi connectivity index (χ2n) is 6.02. The van der Waals surface area contributed by atoms with Crippen molar-refractivity contribution in [3.63, 3.8) is 0 Å². The van der Waals surface area contributed by atoms with Crippen LogP contribution in [-0.4, -0.2) is 19.0 Å². The van der Waals surface area contributed by atoms with Gasteiger partial charge in [-0.05, 0) is 31.0 Å². The van der Waals surface area contributed by atoms with E-state index in [1.807, 2.05) is 30.3 Å². The summed E-state index contributed by atoms with van der Waals surface area (Å²) in [6.07, 6.45) is 2.62. The standard InChI is InChI=1S/C18H16Cl2N2O2/c19-12-7-8-15-18(16(12)20)22-9-3-5-13(21-10-23)17(22)11-4-1-2-6-14(11)24-15/h1-2,4,6-8,10,13,17H,3,5,9H2,(H,21,23). The molecule has 1 fully saturated rings. The normalized spacial score (nSPS) is 21.7. The predicted molar refractivity (Wildman–Crippen MR) is 95.3 cm³/mol. The van der Waals surface area contributed by atoms with E-state index < -0.39 is 0 Å². The first kappa shape index (κ1) is 15.6. The number of nitrogens with zero attached hydrogens (tertiary/aromatic N) is 1. The number of halogens is 2. The summed E-state index contributed by atoms with van der Waals surface area (Å²) in [6, 6.07) is 11.4. The number of fused-ring (bicyclic) bond motifs is 5. The maximum absolute atomic E-state index is 11.1. The quantitative estimate of drug-likeness (QED) is 0.796. The van der Waals surface area contributed by atoms with Crippen LogP contribution in [0.15, 0.2) is 36.4 Å². The molecule has 6 heteroatoms. The van der Waals surface area contributed by atoms with Crippen molar-refractivity contribution in [1.29, 1.82) is 0 Å². The minimum absolute atomic E-state index is 0.0120. The number of ether oxygens (including phenoxy) is 1. The predicted octanol–water partition coefficient (Wildman–Crippen LogP) is 4.56. The van der Waals surface area contributed by atoms with Gasteiger partial charge in [0.1, 0.15) is 11.4 Å². The van der Waals surface area contributed by atoms with Crippen LogP contribution >= 0.6 is 23.2 Å². The van der Waals surface area contributed by atoms with Crippen molar-refractivity contribution in [2.45, 2.75) is 24.9 Å². The van der Waals surface area contributed by atoms with Crippen LogP contribution in [-0.2, 0) is 4.79 Å². The van der Waals surface area contributed by atoms with Crippen molar-refractivity contribution < 1.29 is 9.53 Å². The molecule has 1 amide bonds. The second-order valence-corrected chi connectivity index (χ2v) is 6.80. The topological polar surface area (TPSA) is 41.6 Å². The highest BCUT2D eigenvalue weighted by molar-refractivity contribution is 6.44. The Morgan fingerprint density at radius 1 is 1.17 bits per heavy atom. The first-order valence-corrected chi connectivity index (χ1v) is 8.67. The van der Waals surface area contributed by atoms with Gasteiger partial charge in [0.2, 0.25) is 6.41 Å². The molecule has 2 aliphatic heterocycles. The van der Waals surface area contributed by atoms with E-state index in [4.69, 9.17) is 27.9 Å². The smallest absolute Gasteiger partial charge is 0.207 e. The molecule has 124 valence electrons. The second kappa shape index (κ2) is 6.19. The number of hydrogen-bond acceptors (Lipinski definition) is 3. The molecule has 0 spiro atoms. The van der Waals surface area contributed by atoms with Crippen LogP contribution in [0.1, 0.15) is 24.4 Å². The van der Waals surface area contributed by atoms with Gasteiger partial charge >= 0.3 is 0 Å². The Balaban J connectivity index is 1.95. The van der Waals surface area contributed by atoms with Crippen molar-refractivity contribution in [2.75, 3.05) is 11.4 Å². The fourth-order valence-corrected chi connectivity index (χ4v) is 4.12. The fourth-order valence-electron chi connectivity index (χ4n) is 3.70. The van der Waals surface area contributed by atoms with Crippen molar-refractivity contribution in [2.24, 2.45) is 0 Å². The molecule has 1 N–H and O–H groups in total. The number of benzene rings is 2. The zero-order chi connectivity index (χ0) is 16.7. The maximum atomic E-state index is 11.1. The molecule has 24 heavy (non-hydrogen) atoms. The summed E-state index contributed by atoms with van der Waals surface area (Å²) in [5.74, 6) is 1.47. The highest BCUT2D eigenvalue weighted by Gasteiger charge is 2.39. The maximum Gasteiger partial charge on any atom is 0.207 e. The van der Waals surface area contributed by atoms with E-state index in [2.05, 4.69) is 10.2 Å². The minimum Gasteiger partial charge on any atom is -0.455 e. The van der Waals surface area contributed by atoms with E-state index in [1.165, 1.54) is 0 Å². The summed E-state index contributed by atoms with van der Waals surface area (Å²) in [6.45, 7) is 0.826. The molecule has 2 heterocycles. The van der Waals surface area contributed by atoms with Crippen molar-refractivity contribution >= 4 is 35.3 Å². The average Bonchev–Trinajstić information content (AvgIpc) is 2.74. The zero-order valence-corrected chi connectivity index (χ0v) is 14.3. The molecule has 4 nitrogen and oxygen atoms in total. The Hall–Kier alpha value is -1.91. The fraction of sp³-hybridized carbons (Fsp3) is 0.278. The third kappa shape index (κ3) is 2.41. The lowest BCUT2D eigenvalue weighted by atomic mass is 9.89. The number of carbonyl (C=O) groups is 1. The minimum atomic E-state index is -0.0441. The molecule has 0 aliphatic carbocycles. The molecular weight excluding hydrogens is 347 g/mol. The Bertz CT molecular complexity index is 797. The number of nitrogens with one attached hydrogen (secondary N) is 1. The summed E-state index contributed by atoms with van der Waals surface area (Å²) < 4.78 is 6.16. The van der Waals surface area contributed by atoms with Crippen molar-refractivity contribution in [3.8, 4) is 11.5 Å². The molecular formula is C18H16Cl2N2O2. The molecule has 4 rings (SSSR count). The zero-order valence-electron chi connectivity index (χ0n) is 12.8. The number of carbonyl (C=O) groups excluding carboxylic acids is 1. The lowest BCUT2D eigenvalue weighted by molar-refractivity contribution is -0.110. The van der Waals surface area contributed by atoms with Crippen LogP contribution in [0, 0.1) is 0 Å². The van der Waals surface area contributed by atoms with Crippen LogP contribution in [0.5, 0.6) is 11.5 Å². The lowest BCUT2D eigenvalue weighted by Crippen LogP contribution is -2.48. The molecule has 2 aromatic carbocycles. The highest BCUT2D eigenvalue weighted by Crippen LogP contribution is 2.51. The number of piperidine rings is 1. The van der Waals surface area contributed by atoms with Gasteiger partial charge in [-0.2, -0.15) is 0 Å². The van der Waals surface area contributed by atoms with Crippen molar-refractivity contribution in [3.05, 3.63) is 52.0 Å². The van der Waals surface area contributed by atoms with Gasteiger partial charge in [-0.1, -0.05) is 41.4 Å². The van der Waals surface area contributed by atoms with Crippen LogP contribution in [0.4, 0.5) is 5.69 Å². The van der Waals surface area contributed by atoms with E-state index in [9.17, 15) is 4.79 Å². The molecule has 2 aromatic rings. The molecule has 2 aliphatic rings. The van der Waals surface area contributed by atoms with Gasteiger partial charge in [-0.25, -0.2) is 0 Å². The number of rotatable bonds is 2. The first-order valence-electron chi connectivity index (χ1n) is 7.92. The van der Waals surface area contributed by atoms with Gasteiger partial charge in [0.05, 0.1) is 22.1 Å². The van der Waals surface area contributed by atoms with E-state index >= 15 is 0 Å². The summed E-state index contributed by atoms with van der Waals surface area (Å²) in [7, 11) is 0. The number of anilines is 1. The Kier molecular flexibility index (Phi) is 4.02. The van der Waals surface area contributed by atoms with Gasteiger partial charge in [-0.15, -0.1) is 0 Å². The molecule has 0 aromatic heterocycles. The third-order valence-electron chi connectivity index (χ3n) is 4.69. The average molecular weight is 363 g/mol. The van der Waals surface area contributed by atoms with E-state index in [-0.39, 0.29) is 12.1 Å². The SMILES string of the molecule is O=CNC1CCCN2c3c(ccc(Cl)c3Cl)Oc3ccccc3C12.